The first-order chi connectivity index (χ1) is 14.1. The molecular weight excluding hydrogens is 368 g/mol. The van der Waals surface area contributed by atoms with Gasteiger partial charge in [-0.05, 0) is 42.8 Å². The van der Waals surface area contributed by atoms with Gasteiger partial charge in [-0.25, -0.2) is 4.98 Å². The summed E-state index contributed by atoms with van der Waals surface area (Å²) in [6.45, 7) is 4.69. The minimum Gasteiger partial charge on any atom is -0.497 e. The molecule has 0 radical (unpaired) electrons. The molecule has 2 aromatic carbocycles. The fraction of sp³-hybridized carbons (Fsp3) is 0.318. The number of amides is 1. The fourth-order valence-corrected chi connectivity index (χ4v) is 3.70. The quantitative estimate of drug-likeness (QED) is 0.680. The number of carbonyl (C=O) groups excluding carboxylic acids is 1. The van der Waals surface area contributed by atoms with Gasteiger partial charge in [-0.15, -0.1) is 0 Å². The summed E-state index contributed by atoms with van der Waals surface area (Å²) < 4.78 is 6.60. The van der Waals surface area contributed by atoms with E-state index < -0.39 is 0 Å². The van der Waals surface area contributed by atoms with Gasteiger partial charge in [0.2, 0.25) is 5.91 Å². The largest absolute Gasteiger partial charge is 0.497 e. The Hall–Kier alpha value is -3.35. The first-order valence-corrected chi connectivity index (χ1v) is 9.68. The van der Waals surface area contributed by atoms with E-state index in [0.29, 0.717) is 24.0 Å². The smallest absolute Gasteiger partial charge is 0.261 e. The number of piperazine rings is 1. The lowest BCUT2D eigenvalue weighted by Crippen LogP contribution is -2.50. The summed E-state index contributed by atoms with van der Waals surface area (Å²) in [7, 11) is 1.65. The van der Waals surface area contributed by atoms with Gasteiger partial charge < -0.3 is 14.5 Å². The van der Waals surface area contributed by atoms with Crippen molar-refractivity contribution < 1.29 is 9.53 Å². The number of nitrogens with zero attached hydrogens (tertiary/aromatic N) is 4. The number of ether oxygens (including phenoxy) is 1. The van der Waals surface area contributed by atoms with Crippen LogP contribution < -0.4 is 15.2 Å². The molecule has 0 atom stereocenters. The highest BCUT2D eigenvalue weighted by Gasteiger charge is 2.22. The van der Waals surface area contributed by atoms with Crippen LogP contribution >= 0.6 is 0 Å². The summed E-state index contributed by atoms with van der Waals surface area (Å²) in [5.41, 5.74) is 2.58. The third-order valence-corrected chi connectivity index (χ3v) is 5.43. The highest BCUT2D eigenvalue weighted by molar-refractivity contribution is 5.81. The average Bonchev–Trinajstić information content (AvgIpc) is 2.76. The molecule has 7 nitrogen and oxygen atoms in total. The van der Waals surface area contributed by atoms with E-state index in [1.807, 2.05) is 48.2 Å². The lowest BCUT2D eigenvalue weighted by molar-refractivity contribution is -0.132. The molecule has 1 fully saturated rings. The molecule has 1 aromatic heterocycles. The number of hydrogen-bond donors (Lipinski definition) is 0. The minimum atomic E-state index is -0.177. The normalized spacial score (nSPS) is 14.3. The molecule has 0 spiro atoms. The van der Waals surface area contributed by atoms with Crippen LogP contribution in [0, 0.1) is 6.92 Å². The van der Waals surface area contributed by atoms with Crippen LogP contribution in [0.1, 0.15) is 5.56 Å². The summed E-state index contributed by atoms with van der Waals surface area (Å²) in [5.74, 6) is 0.766. The van der Waals surface area contributed by atoms with Crippen LogP contribution in [0.25, 0.3) is 10.9 Å². The molecule has 0 aliphatic carbocycles. The molecule has 29 heavy (non-hydrogen) atoms. The Morgan fingerprint density at radius 2 is 1.79 bits per heavy atom. The standard InChI is InChI=1S/C22H24N4O3/c1-16-4-3-5-19-21(16)23-15-26(22(19)28)14-20(27)25-12-10-24(11-13-25)17-6-8-18(29-2)9-7-17/h3-9,15H,10-14H2,1-2H3. The molecule has 1 saturated heterocycles. The molecule has 3 aromatic rings. The first-order valence-electron chi connectivity index (χ1n) is 9.68. The summed E-state index contributed by atoms with van der Waals surface area (Å²) >= 11 is 0. The van der Waals surface area contributed by atoms with Gasteiger partial charge in [0.25, 0.3) is 5.56 Å². The van der Waals surface area contributed by atoms with Gasteiger partial charge in [-0.3, -0.25) is 14.2 Å². The third-order valence-electron chi connectivity index (χ3n) is 5.43. The molecule has 0 N–H and O–H groups in total. The number of para-hydroxylation sites is 1. The van der Waals surface area contributed by atoms with Crippen LogP contribution in [0.4, 0.5) is 5.69 Å². The van der Waals surface area contributed by atoms with E-state index in [1.54, 1.807) is 13.2 Å². The molecular formula is C22H24N4O3. The van der Waals surface area contributed by atoms with Gasteiger partial charge in [-0.1, -0.05) is 12.1 Å². The van der Waals surface area contributed by atoms with Crippen molar-refractivity contribution in [1.82, 2.24) is 14.5 Å². The molecule has 0 unspecified atom stereocenters. The summed E-state index contributed by atoms with van der Waals surface area (Å²) in [4.78, 5) is 33.9. The van der Waals surface area contributed by atoms with E-state index in [0.717, 1.165) is 30.1 Å². The van der Waals surface area contributed by atoms with Crippen molar-refractivity contribution in [3.8, 4) is 5.75 Å². The van der Waals surface area contributed by atoms with Gasteiger partial charge in [0.1, 0.15) is 12.3 Å². The minimum absolute atomic E-state index is 0.0122. The Morgan fingerprint density at radius 1 is 1.07 bits per heavy atom. The van der Waals surface area contributed by atoms with Crippen LogP contribution in [0.2, 0.25) is 0 Å². The van der Waals surface area contributed by atoms with Crippen molar-refractivity contribution in [2.75, 3.05) is 38.2 Å². The third kappa shape index (κ3) is 3.81. The number of fused-ring (bicyclic) bond motifs is 1. The zero-order valence-electron chi connectivity index (χ0n) is 16.7. The van der Waals surface area contributed by atoms with Crippen LogP contribution in [-0.4, -0.2) is 53.6 Å². The van der Waals surface area contributed by atoms with E-state index in [1.165, 1.54) is 10.9 Å². The van der Waals surface area contributed by atoms with Crippen molar-refractivity contribution in [3.63, 3.8) is 0 Å². The lowest BCUT2D eigenvalue weighted by Gasteiger charge is -2.36. The summed E-state index contributed by atoms with van der Waals surface area (Å²) in [5, 5.41) is 0.546. The van der Waals surface area contributed by atoms with Gasteiger partial charge in [0.15, 0.2) is 0 Å². The van der Waals surface area contributed by atoms with E-state index in [9.17, 15) is 9.59 Å². The molecule has 1 amide bonds. The zero-order chi connectivity index (χ0) is 20.4. The lowest BCUT2D eigenvalue weighted by atomic mass is 10.1. The number of benzene rings is 2. The Balaban J connectivity index is 1.42. The maximum atomic E-state index is 12.8. The van der Waals surface area contributed by atoms with Crippen LogP contribution in [-0.2, 0) is 11.3 Å². The Kier molecular flexibility index (Phi) is 5.20. The Labute approximate surface area is 169 Å². The number of rotatable bonds is 4. The summed E-state index contributed by atoms with van der Waals surface area (Å²) in [6, 6.07) is 13.4. The topological polar surface area (TPSA) is 67.7 Å². The second kappa shape index (κ2) is 7.95. The van der Waals surface area contributed by atoms with Crippen LogP contribution in [0.3, 0.4) is 0 Å². The SMILES string of the molecule is COc1ccc(N2CCN(C(=O)Cn3cnc4c(C)cccc4c3=O)CC2)cc1. The molecule has 1 aliphatic rings. The Bertz CT molecular complexity index is 1080. The van der Waals surface area contributed by atoms with Gasteiger partial charge in [-0.2, -0.15) is 0 Å². The zero-order valence-corrected chi connectivity index (χ0v) is 16.7. The molecule has 4 rings (SSSR count). The Morgan fingerprint density at radius 3 is 2.48 bits per heavy atom. The number of carbonyl (C=O) groups is 1. The molecule has 1 aliphatic heterocycles. The predicted octanol–water partition coefficient (Wildman–Crippen LogP) is 2.06. The second-order valence-electron chi connectivity index (χ2n) is 7.21. The van der Waals surface area contributed by atoms with Gasteiger partial charge >= 0.3 is 0 Å². The molecule has 0 bridgehead atoms. The highest BCUT2D eigenvalue weighted by atomic mass is 16.5. The highest BCUT2D eigenvalue weighted by Crippen LogP contribution is 2.20. The van der Waals surface area contributed by atoms with Crippen molar-refractivity contribution in [2.45, 2.75) is 13.5 Å². The number of aryl methyl sites for hydroxylation is 1. The van der Waals surface area contributed by atoms with Gasteiger partial charge in [0.05, 0.1) is 24.3 Å². The average molecular weight is 392 g/mol. The van der Waals surface area contributed by atoms with E-state index in [-0.39, 0.29) is 18.0 Å². The van der Waals surface area contributed by atoms with Crippen LogP contribution in [0.5, 0.6) is 5.75 Å². The maximum Gasteiger partial charge on any atom is 0.261 e. The molecule has 2 heterocycles. The van der Waals surface area contributed by atoms with Crippen LogP contribution in [0.15, 0.2) is 53.6 Å². The molecule has 150 valence electrons. The monoisotopic (exact) mass is 392 g/mol. The van der Waals surface area contributed by atoms with Crippen molar-refractivity contribution in [1.29, 1.82) is 0 Å². The maximum absolute atomic E-state index is 12.8. The number of hydrogen-bond acceptors (Lipinski definition) is 5. The van der Waals surface area contributed by atoms with Gasteiger partial charge in [0, 0.05) is 31.9 Å². The van der Waals surface area contributed by atoms with E-state index >= 15 is 0 Å². The number of aromatic nitrogens is 2. The molecule has 0 saturated carbocycles. The van der Waals surface area contributed by atoms with E-state index in [2.05, 4.69) is 9.88 Å². The van der Waals surface area contributed by atoms with Crippen molar-refractivity contribution in [3.05, 3.63) is 64.7 Å². The molecule has 7 heteroatoms. The predicted molar refractivity (Wildman–Crippen MR) is 113 cm³/mol. The van der Waals surface area contributed by atoms with E-state index in [4.69, 9.17) is 4.74 Å². The van der Waals surface area contributed by atoms with Crippen molar-refractivity contribution in [2.24, 2.45) is 0 Å². The first kappa shape index (κ1) is 19.0. The van der Waals surface area contributed by atoms with Crippen molar-refractivity contribution >= 4 is 22.5 Å². The number of methoxy groups -OCH3 is 1. The summed E-state index contributed by atoms with van der Waals surface area (Å²) in [6.07, 6.45) is 1.48. The number of anilines is 1. The fourth-order valence-electron chi connectivity index (χ4n) is 3.70. The second-order valence-corrected chi connectivity index (χ2v) is 7.21.